The zero-order chi connectivity index (χ0) is 21.8. The van der Waals surface area contributed by atoms with Gasteiger partial charge in [0.15, 0.2) is 5.78 Å². The molecular formula is C23H28FN3O3S. The molecule has 1 atom stereocenters. The Morgan fingerprint density at radius 3 is 2.58 bits per heavy atom. The molecular weight excluding hydrogens is 417 g/mol. The van der Waals surface area contributed by atoms with Crippen LogP contribution in [0.15, 0.2) is 53.4 Å². The number of carbonyl (C=O) groups is 1. The first-order valence-corrected chi connectivity index (χ1v) is 12.3. The number of rotatable bonds is 6. The lowest BCUT2D eigenvalue weighted by molar-refractivity contribution is 0.0549. The van der Waals surface area contributed by atoms with E-state index < -0.39 is 15.8 Å². The number of carbonyl (C=O) groups excluding carboxylic acids is 1. The van der Waals surface area contributed by atoms with Crippen molar-refractivity contribution >= 4 is 21.5 Å². The van der Waals surface area contributed by atoms with Gasteiger partial charge in [-0.2, -0.15) is 0 Å². The Labute approximate surface area is 182 Å². The molecule has 0 radical (unpaired) electrons. The fraction of sp³-hybridized carbons (Fsp3) is 0.435. The number of hydrogen-bond acceptors (Lipinski definition) is 5. The van der Waals surface area contributed by atoms with Crippen molar-refractivity contribution in [2.45, 2.75) is 49.1 Å². The van der Waals surface area contributed by atoms with Crippen LogP contribution in [-0.2, 0) is 10.0 Å². The fourth-order valence-electron chi connectivity index (χ4n) is 4.59. The molecule has 2 aliphatic rings. The Balaban J connectivity index is 1.55. The number of piperidine rings is 2. The molecule has 1 unspecified atom stereocenters. The highest BCUT2D eigenvalue weighted by atomic mass is 32.2. The first kappa shape index (κ1) is 21.9. The predicted octanol–water partition coefficient (Wildman–Crippen LogP) is 3.42. The van der Waals surface area contributed by atoms with Crippen LogP contribution in [0, 0.1) is 5.82 Å². The molecule has 0 bridgehead atoms. The van der Waals surface area contributed by atoms with Gasteiger partial charge in [0.25, 0.3) is 10.0 Å². The molecule has 4 rings (SSSR count). The zero-order valence-corrected chi connectivity index (χ0v) is 18.2. The largest absolute Gasteiger partial charge is 0.317 e. The summed E-state index contributed by atoms with van der Waals surface area (Å²) < 4.78 is 41.4. The Kier molecular flexibility index (Phi) is 6.69. The van der Waals surface area contributed by atoms with Gasteiger partial charge in [-0.3, -0.25) is 14.4 Å². The average Bonchev–Trinajstić information content (AvgIpc) is 2.79. The number of benzene rings is 2. The number of nitrogens with one attached hydrogen (secondary N) is 2. The Morgan fingerprint density at radius 2 is 1.81 bits per heavy atom. The van der Waals surface area contributed by atoms with Crippen LogP contribution in [0.1, 0.15) is 42.5 Å². The van der Waals surface area contributed by atoms with Gasteiger partial charge in [-0.1, -0.05) is 24.6 Å². The summed E-state index contributed by atoms with van der Waals surface area (Å²) in [6, 6.07) is 11.6. The van der Waals surface area contributed by atoms with Crippen LogP contribution in [0.2, 0.25) is 0 Å². The second-order valence-electron chi connectivity index (χ2n) is 8.24. The molecule has 2 aliphatic heterocycles. The Hall–Kier alpha value is -2.29. The summed E-state index contributed by atoms with van der Waals surface area (Å²) in [5.41, 5.74) is 0.536. The standard InChI is InChI=1S/C23H28FN3O3S/c24-18-6-4-7-19(16-18)26-31(29,30)21-8-3-5-17(15-21)23(28)22-9-1-2-14-27(22)20-10-12-25-13-11-20/h3-8,15-16,20,22,25-26H,1-2,9-14H2. The molecule has 2 heterocycles. The topological polar surface area (TPSA) is 78.5 Å². The molecule has 2 aromatic rings. The highest BCUT2D eigenvalue weighted by Crippen LogP contribution is 2.27. The van der Waals surface area contributed by atoms with Crippen LogP contribution in [-0.4, -0.2) is 50.8 Å². The van der Waals surface area contributed by atoms with Crippen molar-refractivity contribution in [2.75, 3.05) is 24.4 Å². The number of halogens is 1. The molecule has 0 saturated carbocycles. The van der Waals surface area contributed by atoms with E-state index in [0.29, 0.717) is 11.6 Å². The quantitative estimate of drug-likeness (QED) is 0.667. The SMILES string of the molecule is O=C(c1cccc(S(=O)(=O)Nc2cccc(F)c2)c1)C1CCCCN1C1CCNCC1. The van der Waals surface area contributed by atoms with Crippen molar-refractivity contribution in [3.8, 4) is 0 Å². The van der Waals surface area contributed by atoms with Crippen LogP contribution < -0.4 is 10.0 Å². The van der Waals surface area contributed by atoms with E-state index in [-0.39, 0.29) is 22.4 Å². The lowest BCUT2D eigenvalue weighted by atomic mass is 9.91. The summed E-state index contributed by atoms with van der Waals surface area (Å²) >= 11 is 0. The van der Waals surface area contributed by atoms with E-state index in [1.807, 2.05) is 0 Å². The number of likely N-dealkylation sites (tertiary alicyclic amines) is 1. The summed E-state index contributed by atoms with van der Waals surface area (Å²) in [5, 5.41) is 3.37. The molecule has 2 saturated heterocycles. The van der Waals surface area contributed by atoms with Gasteiger partial charge in [-0.25, -0.2) is 12.8 Å². The molecule has 2 fully saturated rings. The molecule has 0 aliphatic carbocycles. The summed E-state index contributed by atoms with van der Waals surface area (Å²) in [6.07, 6.45) is 4.92. The molecule has 6 nitrogen and oxygen atoms in total. The van der Waals surface area contributed by atoms with Crippen molar-refractivity contribution < 1.29 is 17.6 Å². The summed E-state index contributed by atoms with van der Waals surface area (Å²) in [5.74, 6) is -0.555. The molecule has 0 aromatic heterocycles. The van der Waals surface area contributed by atoms with Crippen LogP contribution in [0.25, 0.3) is 0 Å². The van der Waals surface area contributed by atoms with E-state index in [0.717, 1.165) is 57.8 Å². The predicted molar refractivity (Wildman–Crippen MR) is 118 cm³/mol. The monoisotopic (exact) mass is 445 g/mol. The summed E-state index contributed by atoms with van der Waals surface area (Å²) in [6.45, 7) is 2.82. The number of hydrogen-bond donors (Lipinski definition) is 2. The highest BCUT2D eigenvalue weighted by Gasteiger charge is 2.34. The smallest absolute Gasteiger partial charge is 0.261 e. The first-order valence-electron chi connectivity index (χ1n) is 10.8. The summed E-state index contributed by atoms with van der Waals surface area (Å²) in [4.78, 5) is 15.7. The van der Waals surface area contributed by atoms with Crippen LogP contribution in [0.5, 0.6) is 0 Å². The first-order chi connectivity index (χ1) is 14.9. The van der Waals surface area contributed by atoms with Gasteiger partial charge < -0.3 is 5.32 Å². The third-order valence-corrected chi connectivity index (χ3v) is 7.51. The molecule has 166 valence electrons. The number of anilines is 1. The summed E-state index contributed by atoms with van der Waals surface area (Å²) in [7, 11) is -3.94. The lowest BCUT2D eigenvalue weighted by Gasteiger charge is -2.42. The maximum atomic E-state index is 13.4. The van der Waals surface area contributed by atoms with Crippen LogP contribution >= 0.6 is 0 Å². The molecule has 8 heteroatoms. The van der Waals surface area contributed by atoms with Gasteiger partial charge >= 0.3 is 0 Å². The van der Waals surface area contributed by atoms with Crippen molar-refractivity contribution in [3.05, 3.63) is 59.9 Å². The van der Waals surface area contributed by atoms with Gasteiger partial charge in [0, 0.05) is 11.6 Å². The molecule has 0 spiro atoms. The van der Waals surface area contributed by atoms with Crippen molar-refractivity contribution in [1.29, 1.82) is 0 Å². The van der Waals surface area contributed by atoms with Crippen molar-refractivity contribution in [1.82, 2.24) is 10.2 Å². The van der Waals surface area contributed by atoms with Gasteiger partial charge in [0.1, 0.15) is 5.82 Å². The van der Waals surface area contributed by atoms with Crippen molar-refractivity contribution in [3.63, 3.8) is 0 Å². The third-order valence-electron chi connectivity index (χ3n) is 6.13. The van der Waals surface area contributed by atoms with Crippen LogP contribution in [0.3, 0.4) is 0 Å². The number of Topliss-reactive ketones (excluding diaryl/α,β-unsaturated/α-hetero) is 1. The minimum atomic E-state index is -3.94. The minimum Gasteiger partial charge on any atom is -0.317 e. The molecule has 0 amide bonds. The number of ketones is 1. The van der Waals surface area contributed by atoms with E-state index in [4.69, 9.17) is 0 Å². The molecule has 31 heavy (non-hydrogen) atoms. The number of nitrogens with zero attached hydrogens (tertiary/aromatic N) is 1. The molecule has 2 aromatic carbocycles. The third kappa shape index (κ3) is 5.14. The van der Waals surface area contributed by atoms with E-state index in [1.54, 1.807) is 12.1 Å². The fourth-order valence-corrected chi connectivity index (χ4v) is 5.68. The second kappa shape index (κ2) is 9.46. The van der Waals surface area contributed by atoms with Gasteiger partial charge in [-0.05, 0) is 75.6 Å². The van der Waals surface area contributed by atoms with Gasteiger partial charge in [0.05, 0.1) is 16.6 Å². The average molecular weight is 446 g/mol. The van der Waals surface area contributed by atoms with Crippen LogP contribution in [0.4, 0.5) is 10.1 Å². The normalized spacial score (nSPS) is 21.0. The number of sulfonamides is 1. The Bertz CT molecular complexity index is 1040. The highest BCUT2D eigenvalue weighted by molar-refractivity contribution is 7.92. The van der Waals surface area contributed by atoms with E-state index in [9.17, 15) is 17.6 Å². The van der Waals surface area contributed by atoms with E-state index in [2.05, 4.69) is 14.9 Å². The Morgan fingerprint density at radius 1 is 1.03 bits per heavy atom. The molecule has 2 N–H and O–H groups in total. The maximum Gasteiger partial charge on any atom is 0.261 e. The lowest BCUT2D eigenvalue weighted by Crippen LogP contribution is -2.53. The van der Waals surface area contributed by atoms with Crippen molar-refractivity contribution in [2.24, 2.45) is 0 Å². The second-order valence-corrected chi connectivity index (χ2v) is 9.92. The van der Waals surface area contributed by atoms with E-state index in [1.165, 1.54) is 30.3 Å². The zero-order valence-electron chi connectivity index (χ0n) is 17.4. The maximum absolute atomic E-state index is 13.4. The van der Waals surface area contributed by atoms with Gasteiger partial charge in [0.2, 0.25) is 0 Å². The minimum absolute atomic E-state index is 0.00756. The van der Waals surface area contributed by atoms with E-state index >= 15 is 0 Å². The van der Waals surface area contributed by atoms with Gasteiger partial charge in [-0.15, -0.1) is 0 Å².